The van der Waals surface area contributed by atoms with Crippen molar-refractivity contribution in [2.45, 2.75) is 26.7 Å². The summed E-state index contributed by atoms with van der Waals surface area (Å²) in [7, 11) is 0. The van der Waals surface area contributed by atoms with Gasteiger partial charge in [-0.1, -0.05) is 15.9 Å². The molecule has 0 aromatic heterocycles. The van der Waals surface area contributed by atoms with Crippen LogP contribution in [0, 0.1) is 12.8 Å². The molecule has 1 aromatic carbocycles. The predicted molar refractivity (Wildman–Crippen MR) is 88.8 cm³/mol. The van der Waals surface area contributed by atoms with Crippen LogP contribution in [0.5, 0.6) is 0 Å². The van der Waals surface area contributed by atoms with Gasteiger partial charge in [-0.2, -0.15) is 0 Å². The lowest BCUT2D eigenvalue weighted by molar-refractivity contribution is -0.121. The average Bonchev–Trinajstić information content (AvgIpc) is 2.51. The Bertz CT molecular complexity index is 554. The fraction of sp³-hybridized carbons (Fsp3) is 0.500. The van der Waals surface area contributed by atoms with Crippen LogP contribution < -0.4 is 5.32 Å². The molecule has 0 bridgehead atoms. The molecule has 2 rings (SSSR count). The van der Waals surface area contributed by atoms with Crippen molar-refractivity contribution in [3.63, 3.8) is 0 Å². The van der Waals surface area contributed by atoms with Crippen LogP contribution in [0.4, 0.5) is 10.5 Å². The van der Waals surface area contributed by atoms with E-state index in [0.29, 0.717) is 32.5 Å². The second-order valence-corrected chi connectivity index (χ2v) is 6.27. The number of carbonyl (C=O) groups is 2. The molecule has 6 heteroatoms. The highest BCUT2D eigenvalue weighted by Crippen LogP contribution is 2.23. The van der Waals surface area contributed by atoms with Gasteiger partial charge in [0.25, 0.3) is 0 Å². The number of anilines is 1. The topological polar surface area (TPSA) is 58.6 Å². The lowest BCUT2D eigenvalue weighted by atomic mass is 9.96. The van der Waals surface area contributed by atoms with Gasteiger partial charge < -0.3 is 15.0 Å². The predicted octanol–water partition coefficient (Wildman–Crippen LogP) is 3.56. The zero-order valence-corrected chi connectivity index (χ0v) is 14.5. The number of aryl methyl sites for hydroxylation is 1. The SMILES string of the molecule is CCOC(=O)N1CCC(C(=O)Nc2ccc(Br)c(C)c2)CC1. The Hall–Kier alpha value is -1.56. The van der Waals surface area contributed by atoms with Gasteiger partial charge in [0.15, 0.2) is 0 Å². The first-order chi connectivity index (χ1) is 10.5. The van der Waals surface area contributed by atoms with Crippen LogP contribution in [-0.4, -0.2) is 36.6 Å². The molecule has 120 valence electrons. The summed E-state index contributed by atoms with van der Waals surface area (Å²) in [5.41, 5.74) is 1.88. The largest absolute Gasteiger partial charge is 0.450 e. The van der Waals surface area contributed by atoms with Gasteiger partial charge in [-0.05, 0) is 50.5 Å². The van der Waals surface area contributed by atoms with E-state index >= 15 is 0 Å². The maximum absolute atomic E-state index is 12.3. The Balaban J connectivity index is 1.87. The molecule has 1 aliphatic heterocycles. The highest BCUT2D eigenvalue weighted by Gasteiger charge is 2.27. The van der Waals surface area contributed by atoms with E-state index in [4.69, 9.17) is 4.74 Å². The van der Waals surface area contributed by atoms with Crippen LogP contribution in [0.3, 0.4) is 0 Å². The highest BCUT2D eigenvalue weighted by atomic mass is 79.9. The van der Waals surface area contributed by atoms with Crippen molar-refractivity contribution >= 4 is 33.6 Å². The summed E-state index contributed by atoms with van der Waals surface area (Å²) in [6.45, 7) is 5.28. The van der Waals surface area contributed by atoms with E-state index in [9.17, 15) is 9.59 Å². The van der Waals surface area contributed by atoms with Crippen LogP contribution in [0.15, 0.2) is 22.7 Å². The number of halogens is 1. The molecule has 0 unspecified atom stereocenters. The molecule has 1 heterocycles. The van der Waals surface area contributed by atoms with Gasteiger partial charge >= 0.3 is 6.09 Å². The normalized spacial score (nSPS) is 15.5. The number of carbonyl (C=O) groups excluding carboxylic acids is 2. The first-order valence-corrected chi connectivity index (χ1v) is 8.29. The number of nitrogens with zero attached hydrogens (tertiary/aromatic N) is 1. The number of piperidine rings is 1. The van der Waals surface area contributed by atoms with E-state index in [0.717, 1.165) is 15.7 Å². The fourth-order valence-corrected chi connectivity index (χ4v) is 2.75. The van der Waals surface area contributed by atoms with E-state index < -0.39 is 0 Å². The Kier molecular flexibility index (Phi) is 5.83. The van der Waals surface area contributed by atoms with Crippen LogP contribution in [0.2, 0.25) is 0 Å². The number of nitrogens with one attached hydrogen (secondary N) is 1. The summed E-state index contributed by atoms with van der Waals surface area (Å²) in [5, 5.41) is 2.95. The third kappa shape index (κ3) is 4.22. The second-order valence-electron chi connectivity index (χ2n) is 5.41. The minimum Gasteiger partial charge on any atom is -0.450 e. The monoisotopic (exact) mass is 368 g/mol. The van der Waals surface area contributed by atoms with Gasteiger partial charge in [0.2, 0.25) is 5.91 Å². The van der Waals surface area contributed by atoms with Crippen molar-refractivity contribution in [3.8, 4) is 0 Å². The van der Waals surface area contributed by atoms with E-state index in [1.807, 2.05) is 25.1 Å². The smallest absolute Gasteiger partial charge is 0.409 e. The lowest BCUT2D eigenvalue weighted by Crippen LogP contribution is -2.41. The van der Waals surface area contributed by atoms with Crippen molar-refractivity contribution < 1.29 is 14.3 Å². The Morgan fingerprint density at radius 3 is 2.64 bits per heavy atom. The van der Waals surface area contributed by atoms with Crippen LogP contribution in [0.25, 0.3) is 0 Å². The second kappa shape index (κ2) is 7.63. The molecule has 0 spiro atoms. The molecule has 1 aliphatic rings. The van der Waals surface area contributed by atoms with E-state index in [-0.39, 0.29) is 17.9 Å². The van der Waals surface area contributed by atoms with Crippen LogP contribution in [0.1, 0.15) is 25.3 Å². The standard InChI is InChI=1S/C16H21BrN2O3/c1-3-22-16(21)19-8-6-12(7-9-19)15(20)18-13-4-5-14(17)11(2)10-13/h4-5,10,12H,3,6-9H2,1-2H3,(H,18,20). The summed E-state index contributed by atoms with van der Waals surface area (Å²) < 4.78 is 6.00. The van der Waals surface area contributed by atoms with Gasteiger partial charge in [-0.15, -0.1) is 0 Å². The Morgan fingerprint density at radius 1 is 1.36 bits per heavy atom. The highest BCUT2D eigenvalue weighted by molar-refractivity contribution is 9.10. The van der Waals surface area contributed by atoms with E-state index in [1.165, 1.54) is 0 Å². The third-order valence-corrected chi connectivity index (χ3v) is 4.71. The van der Waals surface area contributed by atoms with Gasteiger partial charge in [-0.25, -0.2) is 4.79 Å². The molecule has 1 N–H and O–H groups in total. The minimum atomic E-state index is -0.287. The molecule has 1 saturated heterocycles. The molecule has 0 radical (unpaired) electrons. The number of benzene rings is 1. The number of rotatable bonds is 3. The molecule has 1 fully saturated rings. The van der Waals surface area contributed by atoms with Crippen molar-refractivity contribution in [3.05, 3.63) is 28.2 Å². The summed E-state index contributed by atoms with van der Waals surface area (Å²) in [6, 6.07) is 5.74. The molecule has 0 atom stereocenters. The fourth-order valence-electron chi connectivity index (χ4n) is 2.51. The Morgan fingerprint density at radius 2 is 2.05 bits per heavy atom. The van der Waals surface area contributed by atoms with Gasteiger partial charge in [0, 0.05) is 29.2 Å². The van der Waals surface area contributed by atoms with E-state index in [1.54, 1.807) is 11.8 Å². The molecule has 0 aliphatic carbocycles. The van der Waals surface area contributed by atoms with Crippen molar-refractivity contribution in [2.75, 3.05) is 25.0 Å². The Labute approximate surface area is 139 Å². The minimum absolute atomic E-state index is 0.0187. The molecular formula is C16H21BrN2O3. The molecular weight excluding hydrogens is 348 g/mol. The van der Waals surface area contributed by atoms with Gasteiger partial charge in [0.1, 0.15) is 0 Å². The van der Waals surface area contributed by atoms with Crippen LogP contribution in [-0.2, 0) is 9.53 Å². The zero-order chi connectivity index (χ0) is 16.1. The number of amides is 2. The first kappa shape index (κ1) is 16.8. The van der Waals surface area contributed by atoms with Crippen molar-refractivity contribution in [1.82, 2.24) is 4.90 Å². The summed E-state index contributed by atoms with van der Waals surface area (Å²) >= 11 is 3.44. The first-order valence-electron chi connectivity index (χ1n) is 7.50. The average molecular weight is 369 g/mol. The number of ether oxygens (including phenoxy) is 1. The van der Waals surface area contributed by atoms with Crippen molar-refractivity contribution in [2.24, 2.45) is 5.92 Å². The molecule has 1 aromatic rings. The quantitative estimate of drug-likeness (QED) is 0.886. The maximum atomic E-state index is 12.3. The maximum Gasteiger partial charge on any atom is 0.409 e. The lowest BCUT2D eigenvalue weighted by Gasteiger charge is -2.30. The van der Waals surface area contributed by atoms with Crippen molar-refractivity contribution in [1.29, 1.82) is 0 Å². The van der Waals surface area contributed by atoms with Crippen LogP contribution >= 0.6 is 15.9 Å². The molecule has 2 amide bonds. The summed E-state index contributed by atoms with van der Waals surface area (Å²) in [6.07, 6.45) is 1.05. The summed E-state index contributed by atoms with van der Waals surface area (Å²) in [5.74, 6) is -0.0418. The third-order valence-electron chi connectivity index (χ3n) is 3.82. The van der Waals surface area contributed by atoms with E-state index in [2.05, 4.69) is 21.2 Å². The molecule has 5 nitrogen and oxygen atoms in total. The van der Waals surface area contributed by atoms with Gasteiger partial charge in [0.05, 0.1) is 6.61 Å². The zero-order valence-electron chi connectivity index (χ0n) is 12.9. The molecule has 0 saturated carbocycles. The summed E-state index contributed by atoms with van der Waals surface area (Å²) in [4.78, 5) is 25.6. The molecule has 22 heavy (non-hydrogen) atoms. The van der Waals surface area contributed by atoms with Gasteiger partial charge in [-0.3, -0.25) is 4.79 Å². The number of likely N-dealkylation sites (tertiary alicyclic amines) is 1. The number of hydrogen-bond donors (Lipinski definition) is 1. The number of hydrogen-bond acceptors (Lipinski definition) is 3.